The molecule has 0 spiro atoms. The number of phenolic OH excluding ortho intramolecular Hbond substituents is 1. The van der Waals surface area contributed by atoms with E-state index in [1.807, 2.05) is 0 Å². The molecule has 0 amide bonds. The number of halogens is 2. The summed E-state index contributed by atoms with van der Waals surface area (Å²) in [5, 5.41) is 23.5. The summed E-state index contributed by atoms with van der Waals surface area (Å²) in [6.45, 7) is 1.79. The lowest BCUT2D eigenvalue weighted by molar-refractivity contribution is -0.385. The molecule has 2 rings (SSSR count). The number of hydrogen-bond acceptors (Lipinski definition) is 4. The molecule has 21 heavy (non-hydrogen) atoms. The lowest BCUT2D eigenvalue weighted by Gasteiger charge is -2.11. The van der Waals surface area contributed by atoms with Crippen LogP contribution in [0, 0.1) is 22.9 Å². The van der Waals surface area contributed by atoms with E-state index in [0.29, 0.717) is 21.3 Å². The molecule has 0 saturated heterocycles. The van der Waals surface area contributed by atoms with Crippen molar-refractivity contribution in [1.29, 1.82) is 0 Å². The molecule has 0 fully saturated rings. The predicted molar refractivity (Wildman–Crippen MR) is 80.9 cm³/mol. The average molecular weight is 355 g/mol. The zero-order valence-corrected chi connectivity index (χ0v) is 12.6. The number of para-hydroxylation sites is 1. The summed E-state index contributed by atoms with van der Waals surface area (Å²) in [5.74, 6) is -1.13. The van der Waals surface area contributed by atoms with Crippen molar-refractivity contribution in [2.45, 2.75) is 13.5 Å². The largest absolute Gasteiger partial charge is 0.505 e. The third-order valence-corrected chi connectivity index (χ3v) is 3.68. The number of nitro benzene ring substituents is 1. The van der Waals surface area contributed by atoms with Crippen molar-refractivity contribution in [3.05, 3.63) is 61.9 Å². The first-order chi connectivity index (χ1) is 9.90. The summed E-state index contributed by atoms with van der Waals surface area (Å²) >= 11 is 3.32. The van der Waals surface area contributed by atoms with Crippen molar-refractivity contribution in [1.82, 2.24) is 0 Å². The lowest BCUT2D eigenvalue weighted by atomic mass is 10.1. The van der Waals surface area contributed by atoms with Gasteiger partial charge in [0.05, 0.1) is 10.6 Å². The van der Waals surface area contributed by atoms with Crippen LogP contribution in [0.1, 0.15) is 11.1 Å². The Bertz CT molecular complexity index is 707. The van der Waals surface area contributed by atoms with Crippen LogP contribution in [0.2, 0.25) is 0 Å². The minimum absolute atomic E-state index is 0.0100. The van der Waals surface area contributed by atoms with Gasteiger partial charge in [-0.25, -0.2) is 4.39 Å². The first-order valence-electron chi connectivity index (χ1n) is 6.05. The molecule has 0 atom stereocenters. The monoisotopic (exact) mass is 354 g/mol. The average Bonchev–Trinajstić information content (AvgIpc) is 2.41. The summed E-state index contributed by atoms with van der Waals surface area (Å²) < 4.78 is 13.9. The molecular formula is C14H12BrFN2O3. The van der Waals surface area contributed by atoms with Gasteiger partial charge in [0.25, 0.3) is 5.69 Å². The van der Waals surface area contributed by atoms with Gasteiger partial charge in [-0.2, -0.15) is 0 Å². The van der Waals surface area contributed by atoms with Crippen molar-refractivity contribution >= 4 is 27.3 Å². The number of rotatable bonds is 4. The van der Waals surface area contributed by atoms with Crippen LogP contribution in [-0.4, -0.2) is 10.0 Å². The zero-order valence-electron chi connectivity index (χ0n) is 11.1. The summed E-state index contributed by atoms with van der Waals surface area (Å²) in [7, 11) is 0. The number of anilines is 1. The van der Waals surface area contributed by atoms with Crippen LogP contribution in [0.3, 0.4) is 0 Å². The van der Waals surface area contributed by atoms with Crippen molar-refractivity contribution in [3.8, 4) is 5.75 Å². The Balaban J connectivity index is 2.26. The van der Waals surface area contributed by atoms with Gasteiger partial charge in [-0.1, -0.05) is 12.1 Å². The first kappa shape index (κ1) is 15.2. The predicted octanol–water partition coefficient (Wildman–Crippen LogP) is 4.12. The second-order valence-corrected chi connectivity index (χ2v) is 5.33. The van der Waals surface area contributed by atoms with Crippen LogP contribution in [-0.2, 0) is 6.54 Å². The maximum atomic E-state index is 13.2. The molecule has 2 N–H and O–H groups in total. The van der Waals surface area contributed by atoms with E-state index in [1.54, 1.807) is 19.1 Å². The van der Waals surface area contributed by atoms with Crippen LogP contribution in [0.15, 0.2) is 34.8 Å². The van der Waals surface area contributed by atoms with Crippen molar-refractivity contribution < 1.29 is 14.4 Å². The molecule has 0 aliphatic rings. The zero-order chi connectivity index (χ0) is 15.6. The molecule has 0 aliphatic carbocycles. The Morgan fingerprint density at radius 2 is 2.14 bits per heavy atom. The fourth-order valence-electron chi connectivity index (χ4n) is 1.89. The summed E-state index contributed by atoms with van der Waals surface area (Å²) in [6, 6.07) is 7.24. The van der Waals surface area contributed by atoms with Gasteiger partial charge in [-0.3, -0.25) is 10.1 Å². The summed E-state index contributed by atoms with van der Waals surface area (Å²) in [4.78, 5) is 10.5. The summed E-state index contributed by atoms with van der Waals surface area (Å²) in [6.07, 6.45) is 0. The van der Waals surface area contributed by atoms with Gasteiger partial charge < -0.3 is 10.4 Å². The Hall–Kier alpha value is -2.15. The van der Waals surface area contributed by atoms with E-state index in [2.05, 4.69) is 21.2 Å². The fourth-order valence-corrected chi connectivity index (χ4v) is 2.48. The molecular weight excluding hydrogens is 343 g/mol. The molecule has 0 bridgehead atoms. The SMILES string of the molecule is Cc1cc(Br)c(NCc2cccc(F)c2O)cc1[N+](=O)[O-]. The van der Waals surface area contributed by atoms with E-state index in [9.17, 15) is 19.6 Å². The number of phenols is 1. The Kier molecular flexibility index (Phi) is 4.42. The Morgan fingerprint density at radius 1 is 1.43 bits per heavy atom. The topological polar surface area (TPSA) is 75.4 Å². The second kappa shape index (κ2) is 6.09. The Labute approximate surface area is 128 Å². The number of nitrogens with zero attached hydrogens (tertiary/aromatic N) is 1. The normalized spacial score (nSPS) is 10.4. The standard InChI is InChI=1S/C14H12BrFN2O3/c1-8-5-10(15)12(6-13(8)18(20)21)17-7-9-3-2-4-11(16)14(9)19/h2-6,17,19H,7H2,1H3. The highest BCUT2D eigenvalue weighted by atomic mass is 79.9. The minimum atomic E-state index is -0.705. The third-order valence-electron chi connectivity index (χ3n) is 3.02. The maximum Gasteiger partial charge on any atom is 0.274 e. The van der Waals surface area contributed by atoms with Gasteiger partial charge in [0.1, 0.15) is 0 Å². The highest BCUT2D eigenvalue weighted by molar-refractivity contribution is 9.10. The van der Waals surface area contributed by atoms with E-state index in [-0.39, 0.29) is 12.2 Å². The molecule has 110 valence electrons. The molecule has 7 heteroatoms. The molecule has 2 aromatic carbocycles. The molecule has 0 aromatic heterocycles. The van der Waals surface area contributed by atoms with E-state index < -0.39 is 16.5 Å². The molecule has 0 saturated carbocycles. The number of nitro groups is 1. The third kappa shape index (κ3) is 3.30. The number of aryl methyl sites for hydroxylation is 1. The lowest BCUT2D eigenvalue weighted by Crippen LogP contribution is -2.02. The number of benzene rings is 2. The summed E-state index contributed by atoms with van der Waals surface area (Å²) in [5.41, 5.74) is 1.39. The molecule has 2 aromatic rings. The quantitative estimate of drug-likeness (QED) is 0.639. The highest BCUT2D eigenvalue weighted by Crippen LogP contribution is 2.31. The molecule has 0 heterocycles. The van der Waals surface area contributed by atoms with Gasteiger partial charge in [0, 0.05) is 28.2 Å². The van der Waals surface area contributed by atoms with Crippen LogP contribution < -0.4 is 5.32 Å². The van der Waals surface area contributed by atoms with E-state index in [0.717, 1.165) is 6.07 Å². The van der Waals surface area contributed by atoms with Gasteiger partial charge in [0.2, 0.25) is 0 Å². The van der Waals surface area contributed by atoms with Crippen LogP contribution in [0.4, 0.5) is 15.8 Å². The van der Waals surface area contributed by atoms with E-state index in [1.165, 1.54) is 12.1 Å². The fraction of sp³-hybridized carbons (Fsp3) is 0.143. The van der Waals surface area contributed by atoms with Crippen LogP contribution in [0.5, 0.6) is 5.75 Å². The molecule has 0 aliphatic heterocycles. The minimum Gasteiger partial charge on any atom is -0.505 e. The van der Waals surface area contributed by atoms with Gasteiger partial charge in [0.15, 0.2) is 11.6 Å². The van der Waals surface area contributed by atoms with Crippen molar-refractivity contribution in [2.75, 3.05) is 5.32 Å². The molecule has 0 unspecified atom stereocenters. The molecule has 5 nitrogen and oxygen atoms in total. The first-order valence-corrected chi connectivity index (χ1v) is 6.84. The van der Waals surface area contributed by atoms with Crippen LogP contribution >= 0.6 is 15.9 Å². The Morgan fingerprint density at radius 3 is 2.81 bits per heavy atom. The smallest absolute Gasteiger partial charge is 0.274 e. The van der Waals surface area contributed by atoms with Gasteiger partial charge >= 0.3 is 0 Å². The maximum absolute atomic E-state index is 13.2. The number of aromatic hydroxyl groups is 1. The second-order valence-electron chi connectivity index (χ2n) is 4.48. The van der Waals surface area contributed by atoms with Gasteiger partial charge in [-0.15, -0.1) is 0 Å². The number of nitrogens with one attached hydrogen (secondary N) is 1. The number of hydrogen-bond donors (Lipinski definition) is 2. The van der Waals surface area contributed by atoms with E-state index >= 15 is 0 Å². The van der Waals surface area contributed by atoms with Crippen LogP contribution in [0.25, 0.3) is 0 Å². The van der Waals surface area contributed by atoms with E-state index in [4.69, 9.17) is 0 Å². The molecule has 0 radical (unpaired) electrons. The highest BCUT2D eigenvalue weighted by Gasteiger charge is 2.14. The van der Waals surface area contributed by atoms with Crippen molar-refractivity contribution in [3.63, 3.8) is 0 Å². The van der Waals surface area contributed by atoms with Crippen molar-refractivity contribution in [2.24, 2.45) is 0 Å². The van der Waals surface area contributed by atoms with Gasteiger partial charge in [-0.05, 0) is 35.0 Å².